The second kappa shape index (κ2) is 4.63. The molecule has 2 N–H and O–H groups in total. The lowest BCUT2D eigenvalue weighted by Gasteiger charge is -2.04. The van der Waals surface area contributed by atoms with E-state index in [4.69, 9.17) is 11.0 Å². The Kier molecular flexibility index (Phi) is 3.02. The van der Waals surface area contributed by atoms with Crippen LogP contribution in [0.2, 0.25) is 0 Å². The van der Waals surface area contributed by atoms with Crippen LogP contribution in [0.3, 0.4) is 0 Å². The summed E-state index contributed by atoms with van der Waals surface area (Å²) in [5.74, 6) is -0.316. The maximum Gasteiger partial charge on any atom is 0.196 e. The smallest absolute Gasteiger partial charge is 0.196 e. The Balaban J connectivity index is 2.50. The summed E-state index contributed by atoms with van der Waals surface area (Å²) in [4.78, 5) is 12.2. The molecule has 0 atom stereocenters. The Hall–Kier alpha value is -2.74. The molecule has 2 aromatic rings. The summed E-state index contributed by atoms with van der Waals surface area (Å²) in [6.07, 6.45) is 1.26. The first-order chi connectivity index (χ1) is 8.63. The number of hydrogen-bond donors (Lipinski definition) is 1. The second-order valence-electron chi connectivity index (χ2n) is 3.83. The van der Waals surface area contributed by atoms with Crippen molar-refractivity contribution in [2.45, 2.75) is 6.92 Å². The van der Waals surface area contributed by atoms with Crippen LogP contribution in [-0.2, 0) is 0 Å². The molecule has 18 heavy (non-hydrogen) atoms. The molecule has 0 fully saturated rings. The van der Waals surface area contributed by atoms with E-state index < -0.39 is 0 Å². The minimum Gasteiger partial charge on any atom is -0.381 e. The molecule has 0 aliphatic carbocycles. The lowest BCUT2D eigenvalue weighted by atomic mass is 10.0. The summed E-state index contributed by atoms with van der Waals surface area (Å²) >= 11 is 0. The topological polar surface area (TPSA) is 92.7 Å². The molecule has 1 heterocycles. The molecule has 5 nitrogen and oxygen atoms in total. The molecule has 0 saturated heterocycles. The van der Waals surface area contributed by atoms with Crippen LogP contribution in [0.15, 0.2) is 30.5 Å². The van der Waals surface area contributed by atoms with Crippen LogP contribution >= 0.6 is 0 Å². The number of carbonyl (C=O) groups is 1. The SMILES string of the molecule is Cc1ccc(C(=O)c2cnnc(N)c2C#N)cc1. The third-order valence-electron chi connectivity index (χ3n) is 2.55. The fourth-order valence-corrected chi connectivity index (χ4v) is 1.55. The minimum absolute atomic E-state index is 0.0320. The molecular weight excluding hydrogens is 228 g/mol. The number of hydrogen-bond acceptors (Lipinski definition) is 5. The average Bonchev–Trinajstić information content (AvgIpc) is 2.38. The highest BCUT2D eigenvalue weighted by molar-refractivity contribution is 6.10. The first-order valence-corrected chi connectivity index (χ1v) is 5.26. The van der Waals surface area contributed by atoms with E-state index in [-0.39, 0.29) is 22.7 Å². The van der Waals surface area contributed by atoms with E-state index in [2.05, 4.69) is 10.2 Å². The van der Waals surface area contributed by atoms with Gasteiger partial charge in [-0.15, -0.1) is 5.10 Å². The van der Waals surface area contributed by atoms with E-state index in [0.717, 1.165) is 5.56 Å². The Bertz CT molecular complexity index is 641. The number of nitriles is 1. The molecule has 88 valence electrons. The zero-order valence-corrected chi connectivity index (χ0v) is 9.71. The Morgan fingerprint density at radius 1 is 1.33 bits per heavy atom. The van der Waals surface area contributed by atoms with Crippen LogP contribution in [0.5, 0.6) is 0 Å². The molecule has 0 saturated carbocycles. The number of aromatic nitrogens is 2. The number of nitrogens with zero attached hydrogens (tertiary/aromatic N) is 3. The summed E-state index contributed by atoms with van der Waals surface area (Å²) in [5, 5.41) is 16.2. The van der Waals surface area contributed by atoms with Crippen molar-refractivity contribution in [1.29, 1.82) is 5.26 Å². The fraction of sp³-hybridized carbons (Fsp3) is 0.0769. The van der Waals surface area contributed by atoms with Crippen molar-refractivity contribution in [3.05, 3.63) is 52.7 Å². The summed E-state index contributed by atoms with van der Waals surface area (Å²) in [6.45, 7) is 1.93. The Morgan fingerprint density at radius 3 is 2.61 bits per heavy atom. The van der Waals surface area contributed by atoms with Gasteiger partial charge in [0.05, 0.1) is 11.8 Å². The van der Waals surface area contributed by atoms with Crippen LogP contribution in [0.1, 0.15) is 27.0 Å². The van der Waals surface area contributed by atoms with Gasteiger partial charge in [0.2, 0.25) is 0 Å². The fourth-order valence-electron chi connectivity index (χ4n) is 1.55. The van der Waals surface area contributed by atoms with Crippen molar-refractivity contribution in [2.75, 3.05) is 5.73 Å². The van der Waals surface area contributed by atoms with Crippen LogP contribution in [0, 0.1) is 18.3 Å². The quantitative estimate of drug-likeness (QED) is 0.799. The lowest BCUT2D eigenvalue weighted by molar-refractivity contribution is 0.103. The molecule has 0 unspecified atom stereocenters. The maximum absolute atomic E-state index is 12.2. The first kappa shape index (κ1) is 11.7. The number of aryl methyl sites for hydroxylation is 1. The molecular formula is C13H10N4O. The summed E-state index contributed by atoms with van der Waals surface area (Å²) in [6, 6.07) is 8.95. The summed E-state index contributed by atoms with van der Waals surface area (Å²) < 4.78 is 0. The third-order valence-corrected chi connectivity index (χ3v) is 2.55. The minimum atomic E-state index is -0.284. The van der Waals surface area contributed by atoms with Crippen LogP contribution < -0.4 is 5.73 Å². The van der Waals surface area contributed by atoms with Gasteiger partial charge in [0.1, 0.15) is 11.6 Å². The van der Waals surface area contributed by atoms with Crippen LogP contribution in [-0.4, -0.2) is 16.0 Å². The van der Waals surface area contributed by atoms with Gasteiger partial charge >= 0.3 is 0 Å². The normalized spacial score (nSPS) is 9.78. The average molecular weight is 238 g/mol. The highest BCUT2D eigenvalue weighted by atomic mass is 16.1. The third kappa shape index (κ3) is 2.04. The first-order valence-electron chi connectivity index (χ1n) is 5.26. The Labute approximate surface area is 104 Å². The predicted molar refractivity (Wildman–Crippen MR) is 65.8 cm³/mol. The maximum atomic E-state index is 12.2. The summed E-state index contributed by atoms with van der Waals surface area (Å²) in [7, 11) is 0. The number of anilines is 1. The molecule has 1 aromatic carbocycles. The number of benzene rings is 1. The van der Waals surface area contributed by atoms with Gasteiger partial charge in [-0.05, 0) is 6.92 Å². The van der Waals surface area contributed by atoms with Gasteiger partial charge in [-0.3, -0.25) is 4.79 Å². The van der Waals surface area contributed by atoms with Crippen LogP contribution in [0.4, 0.5) is 5.82 Å². The molecule has 2 rings (SSSR count). The van der Waals surface area contributed by atoms with Gasteiger partial charge in [-0.1, -0.05) is 29.8 Å². The molecule has 1 aromatic heterocycles. The molecule has 0 spiro atoms. The van der Waals surface area contributed by atoms with Gasteiger partial charge in [-0.2, -0.15) is 10.4 Å². The zero-order valence-electron chi connectivity index (χ0n) is 9.71. The van der Waals surface area contributed by atoms with E-state index in [1.165, 1.54) is 6.20 Å². The molecule has 0 bridgehead atoms. The molecule has 0 radical (unpaired) electrons. The molecule has 0 amide bonds. The van der Waals surface area contributed by atoms with E-state index in [9.17, 15) is 4.79 Å². The zero-order chi connectivity index (χ0) is 13.1. The van der Waals surface area contributed by atoms with E-state index >= 15 is 0 Å². The molecule has 0 aliphatic rings. The number of ketones is 1. The van der Waals surface area contributed by atoms with Crippen molar-refractivity contribution in [3.8, 4) is 6.07 Å². The van der Waals surface area contributed by atoms with Gasteiger partial charge < -0.3 is 5.73 Å². The predicted octanol–water partition coefficient (Wildman–Crippen LogP) is 1.47. The van der Waals surface area contributed by atoms with Gasteiger partial charge in [-0.25, -0.2) is 0 Å². The van der Waals surface area contributed by atoms with Crippen molar-refractivity contribution in [3.63, 3.8) is 0 Å². The highest BCUT2D eigenvalue weighted by Crippen LogP contribution is 2.16. The Morgan fingerprint density at radius 2 is 2.00 bits per heavy atom. The number of nitrogen functional groups attached to an aromatic ring is 1. The number of carbonyl (C=O) groups excluding carboxylic acids is 1. The van der Waals surface area contributed by atoms with Crippen molar-refractivity contribution < 1.29 is 4.79 Å². The van der Waals surface area contributed by atoms with Crippen molar-refractivity contribution in [1.82, 2.24) is 10.2 Å². The van der Waals surface area contributed by atoms with Crippen molar-refractivity contribution in [2.24, 2.45) is 0 Å². The summed E-state index contributed by atoms with van der Waals surface area (Å²) in [5.41, 5.74) is 7.31. The van der Waals surface area contributed by atoms with Gasteiger partial charge in [0.25, 0.3) is 0 Å². The van der Waals surface area contributed by atoms with E-state index in [0.29, 0.717) is 5.56 Å². The van der Waals surface area contributed by atoms with Crippen LogP contribution in [0.25, 0.3) is 0 Å². The standard InChI is InChI=1S/C13H10N4O/c1-8-2-4-9(5-3-8)12(18)11-7-16-17-13(15)10(11)6-14/h2-5,7H,1H3,(H2,15,17). The highest BCUT2D eigenvalue weighted by Gasteiger charge is 2.16. The molecule has 5 heteroatoms. The lowest BCUT2D eigenvalue weighted by Crippen LogP contribution is -2.08. The largest absolute Gasteiger partial charge is 0.381 e. The van der Waals surface area contributed by atoms with E-state index in [1.807, 2.05) is 25.1 Å². The molecule has 0 aliphatic heterocycles. The number of rotatable bonds is 2. The van der Waals surface area contributed by atoms with Gasteiger partial charge in [0, 0.05) is 5.56 Å². The van der Waals surface area contributed by atoms with Gasteiger partial charge in [0.15, 0.2) is 11.6 Å². The number of nitrogens with two attached hydrogens (primary N) is 1. The monoisotopic (exact) mass is 238 g/mol. The van der Waals surface area contributed by atoms with Crippen molar-refractivity contribution >= 4 is 11.6 Å². The second-order valence-corrected chi connectivity index (χ2v) is 3.83. The van der Waals surface area contributed by atoms with E-state index in [1.54, 1.807) is 12.1 Å².